The summed E-state index contributed by atoms with van der Waals surface area (Å²) in [6, 6.07) is 0. The zero-order chi connectivity index (χ0) is 11.8. The summed E-state index contributed by atoms with van der Waals surface area (Å²) in [6.45, 7) is 5.73. The van der Waals surface area contributed by atoms with Crippen LogP contribution in [-0.2, 0) is 42.3 Å². The minimum absolute atomic E-state index is 0. The minimum atomic E-state index is 0. The van der Waals surface area contributed by atoms with Crippen LogP contribution >= 0.6 is 0 Å². The van der Waals surface area contributed by atoms with Crippen LogP contribution < -0.4 is 0 Å². The molecule has 1 aliphatic rings. The van der Waals surface area contributed by atoms with Crippen LogP contribution in [0.25, 0.3) is 0 Å². The maximum Gasteiger partial charge on any atom is 0.250 e. The normalized spacial score (nSPS) is 20.2. The number of amides is 1. The topological polar surface area (TPSA) is 32.8 Å². The third kappa shape index (κ3) is 6.28. The van der Waals surface area contributed by atoms with Crippen molar-refractivity contribution in [3.05, 3.63) is 7.05 Å². The summed E-state index contributed by atoms with van der Waals surface area (Å²) in [6.07, 6.45) is 1.98. The Morgan fingerprint density at radius 2 is 2.06 bits per heavy atom. The monoisotopic (exact) mass is 304 g/mol. The van der Waals surface area contributed by atoms with E-state index in [2.05, 4.69) is 7.05 Å². The van der Waals surface area contributed by atoms with Gasteiger partial charge in [-0.3, -0.25) is 16.7 Å². The summed E-state index contributed by atoms with van der Waals surface area (Å²) < 4.78 is 0. The average Bonchev–Trinajstić information content (AvgIpc) is 2.29. The van der Waals surface area contributed by atoms with Crippen LogP contribution in [-0.4, -0.2) is 43.1 Å². The van der Waals surface area contributed by atoms with Gasteiger partial charge in [-0.2, -0.15) is 0 Å². The summed E-state index contributed by atoms with van der Waals surface area (Å²) >= 11 is 0. The molecule has 1 saturated heterocycles. The van der Waals surface area contributed by atoms with Crippen LogP contribution in [0.2, 0.25) is 0 Å². The first-order valence-corrected chi connectivity index (χ1v) is 5.52. The molecule has 5 heteroatoms. The fourth-order valence-electron chi connectivity index (χ4n) is 1.60. The number of piperidine rings is 1. The van der Waals surface area contributed by atoms with E-state index >= 15 is 0 Å². The van der Waals surface area contributed by atoms with E-state index in [0.717, 1.165) is 25.9 Å². The molecule has 0 aromatic carbocycles. The minimum Gasteiger partial charge on any atom is -0.459 e. The van der Waals surface area contributed by atoms with Crippen LogP contribution in [0, 0.1) is 13.0 Å². The first-order chi connectivity index (χ1) is 7.15. The third-order valence-electron chi connectivity index (χ3n) is 2.44. The van der Waals surface area contributed by atoms with E-state index in [1.807, 2.05) is 18.7 Å². The van der Waals surface area contributed by atoms with Gasteiger partial charge in [0.1, 0.15) is 0 Å². The van der Waals surface area contributed by atoms with Gasteiger partial charge >= 0.3 is 0 Å². The summed E-state index contributed by atoms with van der Waals surface area (Å²) in [7, 11) is 6.98. The summed E-state index contributed by atoms with van der Waals surface area (Å²) in [4.78, 5) is 18.4. The first kappa shape index (κ1) is 18.8. The number of hydrogen-bond acceptors (Lipinski definition) is 3. The van der Waals surface area contributed by atoms with E-state index in [4.69, 9.17) is 4.84 Å². The van der Waals surface area contributed by atoms with Crippen molar-refractivity contribution in [3.63, 3.8) is 0 Å². The molecule has 1 heterocycles. The van der Waals surface area contributed by atoms with Crippen LogP contribution in [0.4, 0.5) is 0 Å². The van der Waals surface area contributed by atoms with Crippen molar-refractivity contribution >= 4 is 5.91 Å². The maximum absolute atomic E-state index is 11.6. The molecule has 16 heavy (non-hydrogen) atoms. The zero-order valence-corrected chi connectivity index (χ0v) is 13.7. The van der Waals surface area contributed by atoms with Gasteiger partial charge in [-0.15, -0.1) is 0 Å². The largest absolute Gasteiger partial charge is 0.459 e. The van der Waals surface area contributed by atoms with E-state index in [9.17, 15) is 4.79 Å². The molecule has 1 amide bonds. The Kier molecular flexibility index (Phi) is 12.5. The maximum atomic E-state index is 11.6. The van der Waals surface area contributed by atoms with E-state index < -0.39 is 0 Å². The van der Waals surface area contributed by atoms with Gasteiger partial charge in [0, 0.05) is 39.8 Å². The molecule has 1 aliphatic heterocycles. The van der Waals surface area contributed by atoms with Gasteiger partial charge in [-0.05, 0) is 25.9 Å². The van der Waals surface area contributed by atoms with Gasteiger partial charge in [0.15, 0.2) is 0 Å². The molecule has 1 unspecified atom stereocenters. The molecule has 0 spiro atoms. The predicted molar refractivity (Wildman–Crippen MR) is 60.8 cm³/mol. The smallest absolute Gasteiger partial charge is 0.250 e. The van der Waals surface area contributed by atoms with Gasteiger partial charge in [-0.1, -0.05) is 13.8 Å². The Bertz CT molecular complexity index is 191. The molecule has 0 aliphatic carbocycles. The molecule has 0 saturated carbocycles. The molecular weight excluding hydrogens is 281 g/mol. The third-order valence-corrected chi connectivity index (χ3v) is 2.44. The number of carbonyl (C=O) groups is 1. The second-order valence-electron chi connectivity index (χ2n) is 3.43. The van der Waals surface area contributed by atoms with E-state index in [-0.39, 0.29) is 44.5 Å². The first-order valence-electron chi connectivity index (χ1n) is 5.52. The van der Waals surface area contributed by atoms with Crippen LogP contribution in [0.15, 0.2) is 0 Å². The molecule has 0 aromatic heterocycles. The summed E-state index contributed by atoms with van der Waals surface area (Å²) in [5.41, 5.74) is 0. The zero-order valence-electron chi connectivity index (χ0n) is 10.9. The van der Waals surface area contributed by atoms with Crippen molar-refractivity contribution in [2.75, 3.05) is 27.2 Å². The molecular formula is C11H23N2O2Y-. The van der Waals surface area contributed by atoms with Gasteiger partial charge < -0.3 is 4.90 Å². The molecule has 4 nitrogen and oxygen atoms in total. The Morgan fingerprint density at radius 3 is 2.50 bits per heavy atom. The fraction of sp³-hybridized carbons (Fsp3) is 0.818. The Labute approximate surface area is 125 Å². The molecule has 1 rings (SSSR count). The molecule has 0 N–H and O–H groups in total. The molecule has 1 atom stereocenters. The molecule has 0 aromatic rings. The van der Waals surface area contributed by atoms with Crippen molar-refractivity contribution in [1.29, 1.82) is 0 Å². The molecule has 93 valence electrons. The Hall–Kier alpha value is 0.494. The number of carbonyl (C=O) groups excluding carboxylic acids is 1. The quantitative estimate of drug-likeness (QED) is 0.573. The molecule has 1 fully saturated rings. The van der Waals surface area contributed by atoms with Crippen molar-refractivity contribution in [2.24, 2.45) is 5.92 Å². The molecule has 0 bridgehead atoms. The Balaban J connectivity index is 0. The second kappa shape index (κ2) is 10.6. The van der Waals surface area contributed by atoms with Gasteiger partial charge in [-0.25, -0.2) is 5.06 Å². The van der Waals surface area contributed by atoms with Crippen molar-refractivity contribution in [1.82, 2.24) is 9.96 Å². The molecule has 1 radical (unpaired) electrons. The van der Waals surface area contributed by atoms with Gasteiger partial charge in [0.2, 0.25) is 5.91 Å². The number of nitrogens with zero attached hydrogens (tertiary/aromatic N) is 2. The van der Waals surface area contributed by atoms with E-state index in [1.165, 1.54) is 12.2 Å². The number of likely N-dealkylation sites (tertiary alicyclic amines) is 1. The van der Waals surface area contributed by atoms with Gasteiger partial charge in [0.05, 0.1) is 13.0 Å². The predicted octanol–water partition coefficient (Wildman–Crippen LogP) is 1.53. The number of rotatable bonds is 2. The second-order valence-corrected chi connectivity index (χ2v) is 3.43. The van der Waals surface area contributed by atoms with Crippen LogP contribution in [0.3, 0.4) is 0 Å². The van der Waals surface area contributed by atoms with Crippen LogP contribution in [0.1, 0.15) is 26.7 Å². The van der Waals surface area contributed by atoms with Crippen LogP contribution in [0.5, 0.6) is 0 Å². The summed E-state index contributed by atoms with van der Waals surface area (Å²) in [5.74, 6) is 0.104. The van der Waals surface area contributed by atoms with Crippen molar-refractivity contribution in [2.45, 2.75) is 26.7 Å². The number of hydrogen-bond donors (Lipinski definition) is 0. The Morgan fingerprint density at radius 1 is 1.50 bits per heavy atom. The van der Waals surface area contributed by atoms with Crippen molar-refractivity contribution < 1.29 is 42.3 Å². The number of hydroxylamine groups is 2. The van der Waals surface area contributed by atoms with E-state index in [1.54, 1.807) is 7.05 Å². The van der Waals surface area contributed by atoms with Gasteiger partial charge in [0.25, 0.3) is 0 Å². The average molecular weight is 304 g/mol. The summed E-state index contributed by atoms with van der Waals surface area (Å²) in [5, 5.41) is 1.30. The fourth-order valence-corrected chi connectivity index (χ4v) is 1.60. The SMILES string of the molecule is CC.[CH2-]N1CCCC(C(=O)N(C)OC)C1.[Y]. The van der Waals surface area contributed by atoms with E-state index in [0.29, 0.717) is 0 Å². The standard InChI is InChI=1S/C9H17N2O2.C2H6.Y/c1-10-6-4-5-8(7-10)9(12)11(2)13-3;1-2;/h8H,1,4-7H2,2-3H3;1-2H3;/q-1;;. The van der Waals surface area contributed by atoms with Crippen molar-refractivity contribution in [3.8, 4) is 0 Å².